The van der Waals surface area contributed by atoms with Crippen LogP contribution < -0.4 is 10.1 Å². The van der Waals surface area contributed by atoms with Gasteiger partial charge in [0.25, 0.3) is 5.22 Å². The largest absolute Gasteiger partial charge is 0.497 e. The first-order chi connectivity index (χ1) is 16.0. The molecule has 7 heteroatoms. The first-order valence-electron chi connectivity index (χ1n) is 10.6. The molecule has 0 saturated carbocycles. The van der Waals surface area contributed by atoms with Crippen LogP contribution >= 0.6 is 11.8 Å². The van der Waals surface area contributed by atoms with E-state index < -0.39 is 5.25 Å². The smallest absolute Gasteiger partial charge is 0.277 e. The molecule has 0 spiro atoms. The number of rotatable bonds is 8. The SMILES string of the molecule is COc1ccc(Cc2nnc(SC(C(=O)Nc3cc(C)cc(C)c3)c3ccccc3)o2)cc1. The number of benzene rings is 3. The minimum atomic E-state index is -0.540. The van der Waals surface area contributed by atoms with E-state index in [4.69, 9.17) is 9.15 Å². The van der Waals surface area contributed by atoms with Gasteiger partial charge in [-0.2, -0.15) is 0 Å². The maximum Gasteiger partial charge on any atom is 0.277 e. The van der Waals surface area contributed by atoms with Crippen LogP contribution in [0.3, 0.4) is 0 Å². The molecule has 1 N–H and O–H groups in total. The van der Waals surface area contributed by atoms with Gasteiger partial charge in [-0.15, -0.1) is 10.2 Å². The molecule has 4 rings (SSSR count). The van der Waals surface area contributed by atoms with E-state index in [9.17, 15) is 4.79 Å². The van der Waals surface area contributed by atoms with Crippen molar-refractivity contribution in [2.45, 2.75) is 30.7 Å². The van der Waals surface area contributed by atoms with Crippen molar-refractivity contribution in [1.29, 1.82) is 0 Å². The summed E-state index contributed by atoms with van der Waals surface area (Å²) in [7, 11) is 1.63. The van der Waals surface area contributed by atoms with Crippen molar-refractivity contribution in [2.24, 2.45) is 0 Å². The summed E-state index contributed by atoms with van der Waals surface area (Å²) >= 11 is 1.24. The molecule has 1 unspecified atom stereocenters. The lowest BCUT2D eigenvalue weighted by Crippen LogP contribution is -2.19. The van der Waals surface area contributed by atoms with Crippen LogP contribution in [0, 0.1) is 13.8 Å². The summed E-state index contributed by atoms with van der Waals surface area (Å²) in [5, 5.41) is 11.2. The molecule has 0 saturated heterocycles. The van der Waals surface area contributed by atoms with E-state index in [0.717, 1.165) is 33.7 Å². The fourth-order valence-electron chi connectivity index (χ4n) is 3.53. The molecule has 168 valence electrons. The van der Waals surface area contributed by atoms with E-state index in [-0.39, 0.29) is 5.91 Å². The number of anilines is 1. The number of aryl methyl sites for hydroxylation is 2. The topological polar surface area (TPSA) is 77.2 Å². The Labute approximate surface area is 197 Å². The van der Waals surface area contributed by atoms with Gasteiger partial charge in [-0.05, 0) is 72.1 Å². The third-order valence-corrected chi connectivity index (χ3v) is 6.10. The highest BCUT2D eigenvalue weighted by atomic mass is 32.2. The summed E-state index contributed by atoms with van der Waals surface area (Å²) in [6, 6.07) is 23.3. The third-order valence-electron chi connectivity index (χ3n) is 5.01. The number of nitrogens with one attached hydrogen (secondary N) is 1. The van der Waals surface area contributed by atoms with Crippen molar-refractivity contribution < 1.29 is 13.9 Å². The normalized spacial score (nSPS) is 11.7. The number of methoxy groups -OCH3 is 1. The van der Waals surface area contributed by atoms with E-state index >= 15 is 0 Å². The van der Waals surface area contributed by atoms with Gasteiger partial charge in [-0.3, -0.25) is 4.79 Å². The fraction of sp³-hybridized carbons (Fsp3) is 0.192. The number of hydrogen-bond acceptors (Lipinski definition) is 6. The Morgan fingerprint density at radius 3 is 2.36 bits per heavy atom. The highest BCUT2D eigenvalue weighted by molar-refractivity contribution is 8.00. The summed E-state index contributed by atoms with van der Waals surface area (Å²) < 4.78 is 11.1. The second kappa shape index (κ2) is 10.4. The van der Waals surface area contributed by atoms with Gasteiger partial charge in [0.1, 0.15) is 11.0 Å². The lowest BCUT2D eigenvalue weighted by Gasteiger charge is -2.16. The predicted molar refractivity (Wildman–Crippen MR) is 130 cm³/mol. The number of ether oxygens (including phenoxy) is 1. The summed E-state index contributed by atoms with van der Waals surface area (Å²) in [6.45, 7) is 4.02. The molecule has 33 heavy (non-hydrogen) atoms. The number of carbonyl (C=O) groups excluding carboxylic acids is 1. The fourth-order valence-corrected chi connectivity index (χ4v) is 4.42. The van der Waals surface area contributed by atoms with Gasteiger partial charge in [0, 0.05) is 5.69 Å². The van der Waals surface area contributed by atoms with Crippen molar-refractivity contribution >= 4 is 23.4 Å². The van der Waals surface area contributed by atoms with Crippen LogP contribution in [0.25, 0.3) is 0 Å². The highest BCUT2D eigenvalue weighted by Crippen LogP contribution is 2.36. The van der Waals surface area contributed by atoms with Crippen LogP contribution in [0.15, 0.2) is 82.4 Å². The zero-order valence-electron chi connectivity index (χ0n) is 18.7. The molecule has 0 bridgehead atoms. The van der Waals surface area contributed by atoms with Crippen LogP contribution in [0.1, 0.15) is 33.4 Å². The zero-order valence-corrected chi connectivity index (χ0v) is 19.6. The number of amides is 1. The molecule has 6 nitrogen and oxygen atoms in total. The quantitative estimate of drug-likeness (QED) is 0.338. The Bertz CT molecular complexity index is 1200. The number of thioether (sulfide) groups is 1. The molecular formula is C26H25N3O3S. The third kappa shape index (κ3) is 6.02. The molecule has 1 amide bonds. The molecule has 0 aliphatic heterocycles. The molecular weight excluding hydrogens is 434 g/mol. The van der Waals surface area contributed by atoms with Crippen molar-refractivity contribution in [1.82, 2.24) is 10.2 Å². The first-order valence-corrected chi connectivity index (χ1v) is 11.4. The molecule has 0 radical (unpaired) electrons. The summed E-state index contributed by atoms with van der Waals surface area (Å²) in [4.78, 5) is 13.3. The van der Waals surface area contributed by atoms with Crippen LogP contribution in [-0.4, -0.2) is 23.2 Å². The van der Waals surface area contributed by atoms with Gasteiger partial charge in [0.2, 0.25) is 11.8 Å². The van der Waals surface area contributed by atoms with E-state index in [2.05, 4.69) is 21.6 Å². The second-order valence-electron chi connectivity index (χ2n) is 7.76. The number of hydrogen-bond donors (Lipinski definition) is 1. The molecule has 0 fully saturated rings. The molecule has 1 atom stereocenters. The maximum atomic E-state index is 13.3. The van der Waals surface area contributed by atoms with Crippen LogP contribution in [0.5, 0.6) is 5.75 Å². The number of aromatic nitrogens is 2. The lowest BCUT2D eigenvalue weighted by atomic mass is 10.1. The van der Waals surface area contributed by atoms with Gasteiger partial charge in [-0.1, -0.05) is 48.5 Å². The van der Waals surface area contributed by atoms with Crippen molar-refractivity contribution in [3.8, 4) is 5.75 Å². The van der Waals surface area contributed by atoms with E-state index in [1.165, 1.54) is 11.8 Å². The Morgan fingerprint density at radius 2 is 1.70 bits per heavy atom. The molecule has 0 aliphatic carbocycles. The molecule has 1 aromatic heterocycles. The van der Waals surface area contributed by atoms with Gasteiger partial charge in [0.05, 0.1) is 13.5 Å². The van der Waals surface area contributed by atoms with E-state index in [0.29, 0.717) is 17.5 Å². The van der Waals surface area contributed by atoms with Gasteiger partial charge < -0.3 is 14.5 Å². The van der Waals surface area contributed by atoms with Gasteiger partial charge in [-0.25, -0.2) is 0 Å². The molecule has 0 aliphatic rings. The summed E-state index contributed by atoms with van der Waals surface area (Å²) in [5.74, 6) is 1.14. The Balaban J connectivity index is 1.51. The minimum absolute atomic E-state index is 0.147. The van der Waals surface area contributed by atoms with Crippen molar-refractivity contribution in [2.75, 3.05) is 12.4 Å². The van der Waals surface area contributed by atoms with Crippen molar-refractivity contribution in [3.05, 3.63) is 101 Å². The van der Waals surface area contributed by atoms with Crippen LogP contribution in [0.2, 0.25) is 0 Å². The maximum absolute atomic E-state index is 13.3. The average molecular weight is 460 g/mol. The predicted octanol–water partition coefficient (Wildman–Crippen LogP) is 5.76. The van der Waals surface area contributed by atoms with Gasteiger partial charge >= 0.3 is 0 Å². The van der Waals surface area contributed by atoms with Crippen LogP contribution in [-0.2, 0) is 11.2 Å². The minimum Gasteiger partial charge on any atom is -0.497 e. The number of carbonyl (C=O) groups is 1. The Kier molecular flexibility index (Phi) is 7.10. The lowest BCUT2D eigenvalue weighted by molar-refractivity contribution is -0.115. The zero-order chi connectivity index (χ0) is 23.2. The van der Waals surface area contributed by atoms with Crippen molar-refractivity contribution in [3.63, 3.8) is 0 Å². The molecule has 3 aromatic carbocycles. The average Bonchev–Trinajstić information content (AvgIpc) is 3.24. The second-order valence-corrected chi connectivity index (χ2v) is 8.82. The monoisotopic (exact) mass is 459 g/mol. The summed E-state index contributed by atoms with van der Waals surface area (Å²) in [5.41, 5.74) is 4.84. The summed E-state index contributed by atoms with van der Waals surface area (Å²) in [6.07, 6.45) is 0.502. The Morgan fingerprint density at radius 1 is 1.00 bits per heavy atom. The molecule has 1 heterocycles. The number of nitrogens with zero attached hydrogens (tertiary/aromatic N) is 2. The standard InChI is InChI=1S/C26H25N3O3S/c1-17-13-18(2)15-21(14-17)27-25(30)24(20-7-5-4-6-8-20)33-26-29-28-23(32-26)16-19-9-11-22(31-3)12-10-19/h4-15,24H,16H2,1-3H3,(H,27,30). The van der Waals surface area contributed by atoms with E-state index in [1.54, 1.807) is 7.11 Å². The van der Waals surface area contributed by atoms with E-state index in [1.807, 2.05) is 80.6 Å². The Hall–Kier alpha value is -3.58. The first kappa shape index (κ1) is 22.6. The highest BCUT2D eigenvalue weighted by Gasteiger charge is 2.25. The molecule has 4 aromatic rings. The van der Waals surface area contributed by atoms with Crippen LogP contribution in [0.4, 0.5) is 5.69 Å². The van der Waals surface area contributed by atoms with Gasteiger partial charge in [0.15, 0.2) is 0 Å².